The summed E-state index contributed by atoms with van der Waals surface area (Å²) in [7, 11) is 0. The zero-order valence-electron chi connectivity index (χ0n) is 11.9. The number of hydrogen-bond acceptors (Lipinski definition) is 4. The monoisotopic (exact) mass is 268 g/mol. The minimum absolute atomic E-state index is 0.0839. The van der Waals surface area contributed by atoms with E-state index in [1.54, 1.807) is 6.20 Å². The number of nitrogen functional groups attached to an aromatic ring is 1. The summed E-state index contributed by atoms with van der Waals surface area (Å²) in [6, 6.07) is 10.1. The van der Waals surface area contributed by atoms with Crippen molar-refractivity contribution >= 4 is 12.0 Å². The molecule has 0 saturated heterocycles. The van der Waals surface area contributed by atoms with Crippen molar-refractivity contribution in [1.29, 1.82) is 5.41 Å². The molecule has 4 heteroatoms. The first-order valence-corrected chi connectivity index (χ1v) is 6.55. The summed E-state index contributed by atoms with van der Waals surface area (Å²) in [5, 5.41) is 7.52. The van der Waals surface area contributed by atoms with E-state index in [0.717, 1.165) is 11.1 Å². The van der Waals surface area contributed by atoms with Crippen LogP contribution in [-0.2, 0) is 5.41 Å². The van der Waals surface area contributed by atoms with E-state index in [2.05, 4.69) is 31.0 Å². The molecule has 0 fully saturated rings. The number of nitrogens with two attached hydrogens (primary N) is 2. The maximum absolute atomic E-state index is 7.52. The van der Waals surface area contributed by atoms with Gasteiger partial charge in [0.1, 0.15) is 5.82 Å². The number of rotatable bonds is 4. The summed E-state index contributed by atoms with van der Waals surface area (Å²) in [6.45, 7) is 4.81. The molecule has 0 saturated carbocycles. The molecular weight excluding hydrogens is 248 g/mol. The lowest BCUT2D eigenvalue weighted by Gasteiger charge is -2.23. The van der Waals surface area contributed by atoms with Crippen molar-refractivity contribution in [2.24, 2.45) is 5.73 Å². The molecule has 1 aromatic heterocycles. The predicted octanol–water partition coefficient (Wildman–Crippen LogP) is 2.56. The van der Waals surface area contributed by atoms with Gasteiger partial charge in [-0.3, -0.25) is 0 Å². The van der Waals surface area contributed by atoms with Crippen LogP contribution in [0.5, 0.6) is 0 Å². The van der Waals surface area contributed by atoms with Crippen molar-refractivity contribution in [3.63, 3.8) is 0 Å². The molecule has 0 aliphatic rings. The highest BCUT2D eigenvalue weighted by Crippen LogP contribution is 2.29. The summed E-state index contributed by atoms with van der Waals surface area (Å²) >= 11 is 0. The highest BCUT2D eigenvalue weighted by atomic mass is 14.8. The molecule has 0 unspecified atom stereocenters. The quantitative estimate of drug-likeness (QED) is 0.744. The Bertz CT molecular complexity index is 632. The SMILES string of the molecule is CC(C)(CN)c1cccc(-c2ccnc(N)c2C=N)c1. The molecule has 0 spiro atoms. The Morgan fingerprint density at radius 2 is 2.05 bits per heavy atom. The molecule has 104 valence electrons. The van der Waals surface area contributed by atoms with Gasteiger partial charge in [0.2, 0.25) is 0 Å². The Hall–Kier alpha value is -2.20. The van der Waals surface area contributed by atoms with E-state index in [-0.39, 0.29) is 5.41 Å². The summed E-state index contributed by atoms with van der Waals surface area (Å²) in [6.07, 6.45) is 2.91. The molecule has 1 aromatic carbocycles. The number of anilines is 1. The lowest BCUT2D eigenvalue weighted by atomic mass is 9.83. The van der Waals surface area contributed by atoms with E-state index >= 15 is 0 Å². The average molecular weight is 268 g/mol. The molecule has 5 N–H and O–H groups in total. The van der Waals surface area contributed by atoms with Crippen LogP contribution in [0.2, 0.25) is 0 Å². The van der Waals surface area contributed by atoms with Crippen LogP contribution in [0.3, 0.4) is 0 Å². The fourth-order valence-electron chi connectivity index (χ4n) is 2.12. The first kappa shape index (κ1) is 14.2. The number of aromatic nitrogens is 1. The minimum atomic E-state index is -0.0839. The average Bonchev–Trinajstić information content (AvgIpc) is 2.47. The lowest BCUT2D eigenvalue weighted by Crippen LogP contribution is -2.28. The van der Waals surface area contributed by atoms with Crippen LogP contribution in [0, 0.1) is 5.41 Å². The van der Waals surface area contributed by atoms with Crippen LogP contribution < -0.4 is 11.5 Å². The summed E-state index contributed by atoms with van der Waals surface area (Å²) in [5.41, 5.74) is 15.4. The van der Waals surface area contributed by atoms with Gasteiger partial charge in [-0.15, -0.1) is 0 Å². The standard InChI is InChI=1S/C16H20N4/c1-16(2,10-18)12-5-3-4-11(8-12)13-6-7-20-15(19)14(13)9-17/h3-9,17H,10,18H2,1-2H3,(H2,19,20). The van der Waals surface area contributed by atoms with E-state index in [4.69, 9.17) is 16.9 Å². The second-order valence-corrected chi connectivity index (χ2v) is 5.47. The van der Waals surface area contributed by atoms with Crippen LogP contribution in [0.4, 0.5) is 5.82 Å². The van der Waals surface area contributed by atoms with Gasteiger partial charge in [0.05, 0.1) is 0 Å². The largest absolute Gasteiger partial charge is 0.383 e. The van der Waals surface area contributed by atoms with Crippen molar-refractivity contribution in [1.82, 2.24) is 4.98 Å². The van der Waals surface area contributed by atoms with Crippen LogP contribution >= 0.6 is 0 Å². The normalized spacial score (nSPS) is 11.3. The van der Waals surface area contributed by atoms with Crippen molar-refractivity contribution in [3.8, 4) is 11.1 Å². The second-order valence-electron chi connectivity index (χ2n) is 5.47. The van der Waals surface area contributed by atoms with Gasteiger partial charge >= 0.3 is 0 Å². The summed E-state index contributed by atoms with van der Waals surface area (Å²) in [4.78, 5) is 4.03. The van der Waals surface area contributed by atoms with Crippen molar-refractivity contribution in [3.05, 3.63) is 47.7 Å². The Kier molecular flexibility index (Phi) is 3.86. The maximum Gasteiger partial charge on any atom is 0.132 e. The first-order chi connectivity index (χ1) is 9.49. The van der Waals surface area contributed by atoms with Crippen LogP contribution in [0.1, 0.15) is 25.0 Å². The van der Waals surface area contributed by atoms with Gasteiger partial charge < -0.3 is 16.9 Å². The number of nitrogens with one attached hydrogen (secondary N) is 1. The lowest BCUT2D eigenvalue weighted by molar-refractivity contribution is 0.539. The first-order valence-electron chi connectivity index (χ1n) is 6.55. The highest BCUT2D eigenvalue weighted by Gasteiger charge is 2.19. The second kappa shape index (κ2) is 5.43. The minimum Gasteiger partial charge on any atom is -0.383 e. The van der Waals surface area contributed by atoms with Crippen molar-refractivity contribution in [2.75, 3.05) is 12.3 Å². The van der Waals surface area contributed by atoms with Gasteiger partial charge in [-0.25, -0.2) is 4.98 Å². The van der Waals surface area contributed by atoms with Crippen molar-refractivity contribution in [2.45, 2.75) is 19.3 Å². The highest BCUT2D eigenvalue weighted by molar-refractivity contribution is 5.93. The van der Waals surface area contributed by atoms with E-state index < -0.39 is 0 Å². The van der Waals surface area contributed by atoms with Gasteiger partial charge in [0.15, 0.2) is 0 Å². The third kappa shape index (κ3) is 2.56. The van der Waals surface area contributed by atoms with Gasteiger partial charge in [0.25, 0.3) is 0 Å². The fourth-order valence-corrected chi connectivity index (χ4v) is 2.12. The van der Waals surface area contributed by atoms with E-state index in [1.165, 1.54) is 11.8 Å². The topological polar surface area (TPSA) is 88.8 Å². The van der Waals surface area contributed by atoms with E-state index in [9.17, 15) is 0 Å². The molecule has 0 radical (unpaired) electrons. The summed E-state index contributed by atoms with van der Waals surface area (Å²) in [5.74, 6) is 0.376. The van der Waals surface area contributed by atoms with Gasteiger partial charge in [0, 0.05) is 29.9 Å². The molecule has 0 amide bonds. The molecular formula is C16H20N4. The number of benzene rings is 1. The number of hydrogen-bond donors (Lipinski definition) is 3. The van der Waals surface area contributed by atoms with Crippen LogP contribution in [0.25, 0.3) is 11.1 Å². The molecule has 4 nitrogen and oxygen atoms in total. The third-order valence-electron chi connectivity index (χ3n) is 3.63. The fraction of sp³-hybridized carbons (Fsp3) is 0.250. The van der Waals surface area contributed by atoms with Gasteiger partial charge in [-0.05, 0) is 22.8 Å². The van der Waals surface area contributed by atoms with E-state index in [1.807, 2.05) is 18.2 Å². The Morgan fingerprint density at radius 3 is 2.70 bits per heavy atom. The molecule has 20 heavy (non-hydrogen) atoms. The number of pyridine rings is 1. The van der Waals surface area contributed by atoms with Crippen molar-refractivity contribution < 1.29 is 0 Å². The number of nitrogens with zero attached hydrogens (tertiary/aromatic N) is 1. The zero-order chi connectivity index (χ0) is 14.8. The molecule has 0 atom stereocenters. The smallest absolute Gasteiger partial charge is 0.132 e. The Morgan fingerprint density at radius 1 is 1.30 bits per heavy atom. The molecule has 0 aliphatic heterocycles. The maximum atomic E-state index is 7.52. The predicted molar refractivity (Wildman–Crippen MR) is 84.1 cm³/mol. The molecule has 0 aliphatic carbocycles. The Balaban J connectivity index is 2.58. The molecule has 0 bridgehead atoms. The van der Waals surface area contributed by atoms with Gasteiger partial charge in [-0.2, -0.15) is 0 Å². The molecule has 1 heterocycles. The summed E-state index contributed by atoms with van der Waals surface area (Å²) < 4.78 is 0. The van der Waals surface area contributed by atoms with Crippen LogP contribution in [0.15, 0.2) is 36.5 Å². The van der Waals surface area contributed by atoms with Crippen LogP contribution in [-0.4, -0.2) is 17.7 Å². The Labute approximate surface area is 119 Å². The van der Waals surface area contributed by atoms with E-state index in [0.29, 0.717) is 17.9 Å². The van der Waals surface area contributed by atoms with Gasteiger partial charge in [-0.1, -0.05) is 38.1 Å². The third-order valence-corrected chi connectivity index (χ3v) is 3.63. The molecule has 2 aromatic rings. The molecule has 2 rings (SSSR count). The zero-order valence-corrected chi connectivity index (χ0v) is 11.9.